The van der Waals surface area contributed by atoms with Crippen molar-refractivity contribution in [1.82, 2.24) is 0 Å². The zero-order valence-electron chi connectivity index (χ0n) is 12.3. The quantitative estimate of drug-likeness (QED) is 0.522. The van der Waals surface area contributed by atoms with Crippen LogP contribution in [0.2, 0.25) is 0 Å². The zero-order chi connectivity index (χ0) is 15.1. The van der Waals surface area contributed by atoms with Crippen molar-refractivity contribution in [3.8, 4) is 0 Å². The predicted octanol–water partition coefficient (Wildman–Crippen LogP) is 3.47. The summed E-state index contributed by atoms with van der Waals surface area (Å²) in [6, 6.07) is 0. The van der Waals surface area contributed by atoms with Crippen LogP contribution >= 0.6 is 11.6 Å². The third-order valence-electron chi connectivity index (χ3n) is 2.71. The molecule has 0 aliphatic rings. The number of halogens is 1. The average molecular weight is 293 g/mol. The highest BCUT2D eigenvalue weighted by Gasteiger charge is 2.29. The highest BCUT2D eigenvalue weighted by Crippen LogP contribution is 2.34. The summed E-state index contributed by atoms with van der Waals surface area (Å²) in [5, 5.41) is 8.48. The van der Waals surface area contributed by atoms with E-state index >= 15 is 0 Å². The largest absolute Gasteiger partial charge is 0.481 e. The van der Waals surface area contributed by atoms with Crippen molar-refractivity contribution < 1.29 is 19.4 Å². The van der Waals surface area contributed by atoms with Gasteiger partial charge in [0, 0.05) is 18.7 Å². The van der Waals surface area contributed by atoms with Gasteiger partial charge in [-0.05, 0) is 23.7 Å². The number of carbonyl (C=O) groups is 2. The van der Waals surface area contributed by atoms with Gasteiger partial charge in [0.1, 0.15) is 0 Å². The summed E-state index contributed by atoms with van der Waals surface area (Å²) in [6.45, 7) is 8.56. The van der Waals surface area contributed by atoms with Crippen LogP contribution in [0, 0.1) is 10.8 Å². The van der Waals surface area contributed by atoms with Crippen LogP contribution in [0.3, 0.4) is 0 Å². The van der Waals surface area contributed by atoms with Crippen molar-refractivity contribution in [1.29, 1.82) is 0 Å². The lowest BCUT2D eigenvalue weighted by Gasteiger charge is -2.33. The molecule has 0 spiro atoms. The van der Waals surface area contributed by atoms with E-state index in [1.54, 1.807) is 0 Å². The van der Waals surface area contributed by atoms with E-state index in [4.69, 9.17) is 21.4 Å². The molecule has 0 aromatic carbocycles. The number of rotatable bonds is 9. The Morgan fingerprint density at radius 3 is 2.16 bits per heavy atom. The average Bonchev–Trinajstić information content (AvgIpc) is 2.25. The molecule has 0 saturated heterocycles. The van der Waals surface area contributed by atoms with Crippen molar-refractivity contribution in [2.45, 2.75) is 53.4 Å². The van der Waals surface area contributed by atoms with Gasteiger partial charge in [0.2, 0.25) is 0 Å². The minimum Gasteiger partial charge on any atom is -0.481 e. The van der Waals surface area contributed by atoms with Crippen LogP contribution in [0.5, 0.6) is 0 Å². The van der Waals surface area contributed by atoms with Gasteiger partial charge in [-0.2, -0.15) is 0 Å². The number of aliphatic carboxylic acids is 1. The molecule has 0 atom stereocenters. The Kier molecular flexibility index (Phi) is 7.42. The Labute approximate surface area is 120 Å². The van der Waals surface area contributed by atoms with Crippen LogP contribution in [0.4, 0.5) is 0 Å². The van der Waals surface area contributed by atoms with Crippen LogP contribution in [0.1, 0.15) is 53.4 Å². The van der Waals surface area contributed by atoms with E-state index in [1.807, 2.05) is 13.8 Å². The molecule has 0 unspecified atom stereocenters. The fourth-order valence-electron chi connectivity index (χ4n) is 2.13. The number of hydrogen-bond acceptors (Lipinski definition) is 3. The molecule has 0 radical (unpaired) electrons. The second-order valence-electron chi connectivity index (χ2n) is 6.55. The Morgan fingerprint density at radius 1 is 1.11 bits per heavy atom. The number of esters is 1. The molecule has 0 bridgehead atoms. The fourth-order valence-corrected chi connectivity index (χ4v) is 2.22. The number of alkyl halides is 1. The Bertz CT molecular complexity index is 311. The SMILES string of the molecule is CC(C)(CCl)CC(C)(C)COC(=O)CCCC(=O)O. The maximum absolute atomic E-state index is 11.5. The van der Waals surface area contributed by atoms with Crippen LogP contribution in [0.15, 0.2) is 0 Å². The topological polar surface area (TPSA) is 63.6 Å². The number of hydrogen-bond donors (Lipinski definition) is 1. The molecule has 5 heteroatoms. The van der Waals surface area contributed by atoms with Gasteiger partial charge in [0.05, 0.1) is 6.61 Å². The summed E-state index contributed by atoms with van der Waals surface area (Å²) in [6.07, 6.45) is 1.33. The maximum Gasteiger partial charge on any atom is 0.305 e. The normalized spacial score (nSPS) is 12.3. The first-order chi connectivity index (χ1) is 8.58. The molecule has 0 fully saturated rings. The zero-order valence-corrected chi connectivity index (χ0v) is 13.0. The van der Waals surface area contributed by atoms with Crippen molar-refractivity contribution in [2.24, 2.45) is 10.8 Å². The third-order valence-corrected chi connectivity index (χ3v) is 3.44. The first kappa shape index (κ1) is 18.2. The van der Waals surface area contributed by atoms with E-state index in [0.29, 0.717) is 18.9 Å². The lowest BCUT2D eigenvalue weighted by molar-refractivity contribution is -0.147. The van der Waals surface area contributed by atoms with Crippen molar-refractivity contribution in [3.05, 3.63) is 0 Å². The van der Waals surface area contributed by atoms with Gasteiger partial charge in [-0.25, -0.2) is 0 Å². The van der Waals surface area contributed by atoms with Gasteiger partial charge in [-0.15, -0.1) is 11.6 Å². The van der Waals surface area contributed by atoms with E-state index in [0.717, 1.165) is 6.42 Å². The molecular formula is C14H25ClO4. The Morgan fingerprint density at radius 2 is 1.68 bits per heavy atom. The van der Waals surface area contributed by atoms with E-state index in [1.165, 1.54) is 0 Å². The van der Waals surface area contributed by atoms with Gasteiger partial charge in [-0.3, -0.25) is 9.59 Å². The highest BCUT2D eigenvalue weighted by atomic mass is 35.5. The van der Waals surface area contributed by atoms with Gasteiger partial charge in [-0.1, -0.05) is 27.7 Å². The van der Waals surface area contributed by atoms with E-state index in [2.05, 4.69) is 13.8 Å². The van der Waals surface area contributed by atoms with Gasteiger partial charge >= 0.3 is 11.9 Å². The number of carbonyl (C=O) groups excluding carboxylic acids is 1. The van der Waals surface area contributed by atoms with Crippen LogP contribution in [-0.4, -0.2) is 29.5 Å². The first-order valence-electron chi connectivity index (χ1n) is 6.51. The molecular weight excluding hydrogens is 268 g/mol. The van der Waals surface area contributed by atoms with Gasteiger partial charge in [0.25, 0.3) is 0 Å². The van der Waals surface area contributed by atoms with Crippen molar-refractivity contribution in [2.75, 3.05) is 12.5 Å². The third kappa shape index (κ3) is 9.77. The summed E-state index contributed by atoms with van der Waals surface area (Å²) >= 11 is 5.90. The number of carboxylic acids is 1. The van der Waals surface area contributed by atoms with Crippen molar-refractivity contribution in [3.63, 3.8) is 0 Å². The first-order valence-corrected chi connectivity index (χ1v) is 7.05. The summed E-state index contributed by atoms with van der Waals surface area (Å²) in [5.74, 6) is -0.668. The monoisotopic (exact) mass is 292 g/mol. The van der Waals surface area contributed by atoms with E-state index < -0.39 is 5.97 Å². The molecule has 1 N–H and O–H groups in total. The second-order valence-corrected chi connectivity index (χ2v) is 6.81. The minimum atomic E-state index is -0.892. The highest BCUT2D eigenvalue weighted by molar-refractivity contribution is 6.18. The predicted molar refractivity (Wildman–Crippen MR) is 75.3 cm³/mol. The molecule has 4 nitrogen and oxygen atoms in total. The van der Waals surface area contributed by atoms with Gasteiger partial charge in [0.15, 0.2) is 0 Å². The van der Waals surface area contributed by atoms with E-state index in [-0.39, 0.29) is 29.6 Å². The summed E-state index contributed by atoms with van der Waals surface area (Å²) < 4.78 is 5.20. The lowest BCUT2D eigenvalue weighted by atomic mass is 9.77. The molecule has 0 aromatic rings. The molecule has 0 saturated carbocycles. The molecule has 0 heterocycles. The summed E-state index contributed by atoms with van der Waals surface area (Å²) in [5.41, 5.74) is -0.137. The maximum atomic E-state index is 11.5. The van der Waals surface area contributed by atoms with E-state index in [9.17, 15) is 9.59 Å². The second kappa shape index (κ2) is 7.73. The molecule has 0 amide bonds. The Hall–Kier alpha value is -0.770. The smallest absolute Gasteiger partial charge is 0.305 e. The number of carboxylic acid groups (broad SMARTS) is 1. The minimum absolute atomic E-state index is 0.000765. The fraction of sp³-hybridized carbons (Fsp3) is 0.857. The molecule has 0 aliphatic heterocycles. The molecule has 19 heavy (non-hydrogen) atoms. The standard InChI is InChI=1S/C14H25ClO4/c1-13(2,9-15)8-14(3,4)10-19-12(18)7-5-6-11(16)17/h5-10H2,1-4H3,(H,16,17). The van der Waals surface area contributed by atoms with Gasteiger partial charge < -0.3 is 9.84 Å². The molecule has 0 rings (SSSR count). The van der Waals surface area contributed by atoms with Crippen LogP contribution in [-0.2, 0) is 14.3 Å². The number of ether oxygens (including phenoxy) is 1. The lowest BCUT2D eigenvalue weighted by Crippen LogP contribution is -2.29. The Balaban J connectivity index is 4.02. The molecule has 0 aliphatic carbocycles. The summed E-state index contributed by atoms with van der Waals surface area (Å²) in [7, 11) is 0. The molecule has 0 aromatic heterocycles. The summed E-state index contributed by atoms with van der Waals surface area (Å²) in [4.78, 5) is 21.8. The van der Waals surface area contributed by atoms with Crippen LogP contribution < -0.4 is 0 Å². The van der Waals surface area contributed by atoms with Crippen LogP contribution in [0.25, 0.3) is 0 Å². The van der Waals surface area contributed by atoms with Crippen molar-refractivity contribution >= 4 is 23.5 Å². The molecule has 112 valence electrons.